The first kappa shape index (κ1) is 19.1. The fraction of sp³-hybridized carbons (Fsp3) is 0.450. The van der Waals surface area contributed by atoms with Gasteiger partial charge in [0.1, 0.15) is 11.5 Å². The van der Waals surface area contributed by atoms with Gasteiger partial charge in [0.15, 0.2) is 0 Å². The number of hydrogen-bond donors (Lipinski definition) is 1. The molecule has 27 heavy (non-hydrogen) atoms. The first-order chi connectivity index (χ1) is 12.7. The number of fused-ring (bicyclic) bond motifs is 1. The van der Waals surface area contributed by atoms with Crippen LogP contribution in [0.2, 0.25) is 0 Å². The monoisotopic (exact) mass is 372 g/mol. The summed E-state index contributed by atoms with van der Waals surface area (Å²) in [5, 5.41) is 0. The number of hydrogen-bond acceptors (Lipinski definition) is 5. The van der Waals surface area contributed by atoms with E-state index in [9.17, 15) is 9.18 Å². The van der Waals surface area contributed by atoms with Crippen LogP contribution in [0.3, 0.4) is 0 Å². The number of halogens is 1. The van der Waals surface area contributed by atoms with Gasteiger partial charge in [-0.25, -0.2) is 14.4 Å². The second-order valence-corrected chi connectivity index (χ2v) is 7.54. The van der Waals surface area contributed by atoms with Crippen molar-refractivity contribution in [3.63, 3.8) is 0 Å². The maximum Gasteiger partial charge on any atom is 0.255 e. The van der Waals surface area contributed by atoms with E-state index < -0.39 is 5.67 Å². The number of ether oxygens (including phenoxy) is 1. The highest BCUT2D eigenvalue weighted by Gasteiger charge is 2.33. The standard InChI is InChI=1S/C20H25FN4O2/c1-12-9-14(10-24-18(12)27-8-6-20(3,4)21)13(2)25-11-16-15(19(25)26)5-7-23-17(16)22/h5,7,9-10,13H,6,8,11H2,1-4H3,(H2,22,23). The molecule has 2 N–H and O–H groups in total. The average Bonchev–Trinajstić information content (AvgIpc) is 2.93. The van der Waals surface area contributed by atoms with E-state index in [-0.39, 0.29) is 18.6 Å². The van der Waals surface area contributed by atoms with Gasteiger partial charge in [-0.05, 0) is 45.4 Å². The molecule has 1 unspecified atom stereocenters. The molecule has 0 saturated heterocycles. The zero-order valence-electron chi connectivity index (χ0n) is 16.1. The van der Waals surface area contributed by atoms with Gasteiger partial charge in [-0.3, -0.25) is 4.79 Å². The van der Waals surface area contributed by atoms with E-state index in [0.717, 1.165) is 16.7 Å². The molecule has 1 aliphatic heterocycles. The van der Waals surface area contributed by atoms with Crippen molar-refractivity contribution in [3.8, 4) is 5.88 Å². The lowest BCUT2D eigenvalue weighted by molar-refractivity contribution is 0.0715. The van der Waals surface area contributed by atoms with Gasteiger partial charge in [0.25, 0.3) is 5.91 Å². The van der Waals surface area contributed by atoms with Crippen LogP contribution < -0.4 is 10.5 Å². The molecule has 1 atom stereocenters. The highest BCUT2D eigenvalue weighted by atomic mass is 19.1. The summed E-state index contributed by atoms with van der Waals surface area (Å²) in [6.45, 7) is 7.58. The smallest absolute Gasteiger partial charge is 0.255 e. The van der Waals surface area contributed by atoms with Crippen LogP contribution in [-0.2, 0) is 6.54 Å². The van der Waals surface area contributed by atoms with Gasteiger partial charge in [-0.1, -0.05) is 0 Å². The SMILES string of the molecule is Cc1cc(C(C)N2Cc3c(ccnc3N)C2=O)cnc1OCCC(C)(C)F. The van der Waals surface area contributed by atoms with Crippen LogP contribution in [-0.4, -0.2) is 33.1 Å². The summed E-state index contributed by atoms with van der Waals surface area (Å²) in [4.78, 5) is 22.9. The number of carbonyl (C=O) groups is 1. The van der Waals surface area contributed by atoms with Crippen molar-refractivity contribution in [2.24, 2.45) is 0 Å². The number of aryl methyl sites for hydroxylation is 1. The summed E-state index contributed by atoms with van der Waals surface area (Å²) < 4.78 is 19.2. The molecule has 3 rings (SSSR count). The number of carbonyl (C=O) groups excluding carboxylic acids is 1. The van der Waals surface area contributed by atoms with Crippen LogP contribution in [0.5, 0.6) is 5.88 Å². The van der Waals surface area contributed by atoms with Gasteiger partial charge in [-0.2, -0.15) is 0 Å². The first-order valence-corrected chi connectivity index (χ1v) is 9.00. The Kier molecular flexibility index (Phi) is 5.04. The topological polar surface area (TPSA) is 81.3 Å². The predicted octanol–water partition coefficient (Wildman–Crippen LogP) is 3.60. The molecule has 0 aromatic carbocycles. The summed E-state index contributed by atoms with van der Waals surface area (Å²) >= 11 is 0. The molecular formula is C20H25FN4O2. The van der Waals surface area contributed by atoms with Crippen LogP contribution in [0.15, 0.2) is 24.5 Å². The molecule has 0 fully saturated rings. The van der Waals surface area contributed by atoms with Crippen LogP contribution in [0, 0.1) is 6.92 Å². The number of nitrogens with two attached hydrogens (primary N) is 1. The molecule has 1 aliphatic rings. The Balaban J connectivity index is 1.73. The molecule has 6 nitrogen and oxygen atoms in total. The molecule has 144 valence electrons. The Labute approximate surface area is 158 Å². The van der Waals surface area contributed by atoms with Crippen molar-refractivity contribution in [1.29, 1.82) is 0 Å². The maximum absolute atomic E-state index is 13.6. The number of alkyl halides is 1. The Bertz CT molecular complexity index is 864. The summed E-state index contributed by atoms with van der Waals surface area (Å²) in [5.74, 6) is 0.818. The Morgan fingerprint density at radius 3 is 2.78 bits per heavy atom. The predicted molar refractivity (Wildman–Crippen MR) is 101 cm³/mol. The molecule has 2 aromatic rings. The van der Waals surface area contributed by atoms with E-state index in [4.69, 9.17) is 10.5 Å². The summed E-state index contributed by atoms with van der Waals surface area (Å²) in [5.41, 5.74) is 7.76. The number of amides is 1. The molecule has 3 heterocycles. The molecular weight excluding hydrogens is 347 g/mol. The van der Waals surface area contributed by atoms with E-state index in [0.29, 0.717) is 30.2 Å². The summed E-state index contributed by atoms with van der Waals surface area (Å²) in [6.07, 6.45) is 3.55. The molecule has 0 spiro atoms. The van der Waals surface area contributed by atoms with E-state index in [2.05, 4.69) is 9.97 Å². The Morgan fingerprint density at radius 1 is 1.41 bits per heavy atom. The minimum absolute atomic E-state index is 0.0604. The molecule has 2 aromatic heterocycles. The lowest BCUT2D eigenvalue weighted by atomic mass is 10.1. The third kappa shape index (κ3) is 4.02. The van der Waals surface area contributed by atoms with Crippen molar-refractivity contribution in [3.05, 3.63) is 46.8 Å². The number of nitrogens with zero attached hydrogens (tertiary/aromatic N) is 3. The summed E-state index contributed by atoms with van der Waals surface area (Å²) in [6, 6.07) is 3.48. The lowest BCUT2D eigenvalue weighted by Crippen LogP contribution is -2.27. The zero-order valence-corrected chi connectivity index (χ0v) is 16.1. The van der Waals surface area contributed by atoms with E-state index in [1.165, 1.54) is 13.8 Å². The third-order valence-corrected chi connectivity index (χ3v) is 4.85. The average molecular weight is 372 g/mol. The normalized spacial score (nSPS) is 15.0. The van der Waals surface area contributed by atoms with Gasteiger partial charge in [0.2, 0.25) is 5.88 Å². The summed E-state index contributed by atoms with van der Waals surface area (Å²) in [7, 11) is 0. The minimum atomic E-state index is -1.27. The van der Waals surface area contributed by atoms with Crippen molar-refractivity contribution >= 4 is 11.7 Å². The number of pyridine rings is 2. The molecule has 1 amide bonds. The second-order valence-electron chi connectivity index (χ2n) is 7.54. The van der Waals surface area contributed by atoms with Crippen LogP contribution >= 0.6 is 0 Å². The molecule has 7 heteroatoms. The first-order valence-electron chi connectivity index (χ1n) is 9.00. The number of aromatic nitrogens is 2. The second kappa shape index (κ2) is 7.13. The molecule has 0 aliphatic carbocycles. The van der Waals surface area contributed by atoms with Gasteiger partial charge < -0.3 is 15.4 Å². The van der Waals surface area contributed by atoms with Crippen LogP contribution in [0.25, 0.3) is 0 Å². The minimum Gasteiger partial charge on any atom is -0.477 e. The highest BCUT2D eigenvalue weighted by molar-refractivity contribution is 5.99. The lowest BCUT2D eigenvalue weighted by Gasteiger charge is -2.25. The van der Waals surface area contributed by atoms with E-state index >= 15 is 0 Å². The van der Waals surface area contributed by atoms with Crippen LogP contribution in [0.1, 0.15) is 60.3 Å². The van der Waals surface area contributed by atoms with Crippen molar-refractivity contribution in [1.82, 2.24) is 14.9 Å². The number of nitrogen functional groups attached to an aromatic ring is 1. The Morgan fingerprint density at radius 2 is 2.15 bits per heavy atom. The maximum atomic E-state index is 13.6. The highest BCUT2D eigenvalue weighted by Crippen LogP contribution is 2.33. The van der Waals surface area contributed by atoms with Crippen LogP contribution in [0.4, 0.5) is 10.2 Å². The van der Waals surface area contributed by atoms with Gasteiger partial charge in [-0.15, -0.1) is 0 Å². The zero-order chi connectivity index (χ0) is 19.8. The quantitative estimate of drug-likeness (QED) is 0.838. The van der Waals surface area contributed by atoms with Gasteiger partial charge in [0, 0.05) is 35.5 Å². The van der Waals surface area contributed by atoms with Crippen molar-refractivity contribution in [2.45, 2.75) is 52.4 Å². The number of anilines is 1. The third-order valence-electron chi connectivity index (χ3n) is 4.85. The fourth-order valence-corrected chi connectivity index (χ4v) is 3.12. The largest absolute Gasteiger partial charge is 0.477 e. The van der Waals surface area contributed by atoms with Crippen molar-refractivity contribution < 1.29 is 13.9 Å². The molecule has 0 bridgehead atoms. The van der Waals surface area contributed by atoms with Gasteiger partial charge in [0.05, 0.1) is 19.2 Å². The van der Waals surface area contributed by atoms with E-state index in [1.807, 2.05) is 19.9 Å². The number of rotatable bonds is 6. The van der Waals surface area contributed by atoms with Crippen molar-refractivity contribution in [2.75, 3.05) is 12.3 Å². The molecule has 0 radical (unpaired) electrons. The molecule has 0 saturated carbocycles. The van der Waals surface area contributed by atoms with Gasteiger partial charge >= 0.3 is 0 Å². The Hall–Kier alpha value is -2.70. The van der Waals surface area contributed by atoms with E-state index in [1.54, 1.807) is 23.4 Å². The fourth-order valence-electron chi connectivity index (χ4n) is 3.12.